The van der Waals surface area contributed by atoms with E-state index in [1.807, 2.05) is 24.3 Å². The SMILES string of the molecule is COc1ccc(C2CC(O)CN(c3ncnc4cc(OC)c(OC)cc34)C2)cc1. The Bertz CT molecular complexity index is 993. The molecule has 1 fully saturated rings. The molecule has 7 nitrogen and oxygen atoms in total. The molecular formula is C22H25N3O4. The third-order valence-electron chi connectivity index (χ3n) is 5.43. The number of rotatable bonds is 5. The molecular weight excluding hydrogens is 370 g/mol. The number of aliphatic hydroxyl groups is 1. The Hall–Kier alpha value is -3.06. The first kappa shape index (κ1) is 19.3. The zero-order valence-electron chi connectivity index (χ0n) is 16.8. The van der Waals surface area contributed by atoms with Crippen LogP contribution >= 0.6 is 0 Å². The Kier molecular flexibility index (Phi) is 5.40. The molecule has 2 unspecified atom stereocenters. The van der Waals surface area contributed by atoms with Gasteiger partial charge in [-0.05, 0) is 30.2 Å². The molecule has 3 aromatic rings. The van der Waals surface area contributed by atoms with E-state index in [2.05, 4.69) is 27.0 Å². The number of piperidine rings is 1. The first-order valence-electron chi connectivity index (χ1n) is 9.56. The molecule has 1 N–H and O–H groups in total. The van der Waals surface area contributed by atoms with Crippen molar-refractivity contribution in [3.05, 3.63) is 48.3 Å². The molecule has 2 heterocycles. The second kappa shape index (κ2) is 8.13. The van der Waals surface area contributed by atoms with Crippen molar-refractivity contribution in [2.75, 3.05) is 39.3 Å². The normalized spacial score (nSPS) is 19.2. The molecule has 0 spiro atoms. The first-order valence-corrected chi connectivity index (χ1v) is 9.56. The Morgan fingerprint density at radius 3 is 2.34 bits per heavy atom. The van der Waals surface area contributed by atoms with Gasteiger partial charge in [0.05, 0.1) is 33.0 Å². The van der Waals surface area contributed by atoms with Crippen molar-refractivity contribution in [1.82, 2.24) is 9.97 Å². The summed E-state index contributed by atoms with van der Waals surface area (Å²) in [6.45, 7) is 1.27. The van der Waals surface area contributed by atoms with E-state index in [-0.39, 0.29) is 5.92 Å². The maximum absolute atomic E-state index is 10.6. The van der Waals surface area contributed by atoms with E-state index in [0.29, 0.717) is 24.5 Å². The molecule has 0 aliphatic carbocycles. The van der Waals surface area contributed by atoms with Crippen molar-refractivity contribution >= 4 is 16.7 Å². The molecule has 29 heavy (non-hydrogen) atoms. The number of methoxy groups -OCH3 is 3. The summed E-state index contributed by atoms with van der Waals surface area (Å²) in [6, 6.07) is 11.8. The summed E-state index contributed by atoms with van der Waals surface area (Å²) in [7, 11) is 4.87. The number of anilines is 1. The predicted molar refractivity (Wildman–Crippen MR) is 111 cm³/mol. The fourth-order valence-corrected chi connectivity index (χ4v) is 3.98. The maximum Gasteiger partial charge on any atom is 0.162 e. The smallest absolute Gasteiger partial charge is 0.162 e. The molecule has 0 bridgehead atoms. The second-order valence-corrected chi connectivity index (χ2v) is 7.19. The molecule has 152 valence electrons. The van der Waals surface area contributed by atoms with Crippen molar-refractivity contribution in [3.63, 3.8) is 0 Å². The van der Waals surface area contributed by atoms with Gasteiger partial charge in [0, 0.05) is 30.5 Å². The van der Waals surface area contributed by atoms with E-state index < -0.39 is 6.10 Å². The number of benzene rings is 2. The molecule has 4 rings (SSSR count). The highest BCUT2D eigenvalue weighted by Crippen LogP contribution is 2.37. The lowest BCUT2D eigenvalue weighted by Crippen LogP contribution is -2.42. The number of fused-ring (bicyclic) bond motifs is 1. The number of ether oxygens (including phenoxy) is 3. The summed E-state index contributed by atoms with van der Waals surface area (Å²) in [5.74, 6) is 3.05. The van der Waals surface area contributed by atoms with Crippen molar-refractivity contribution in [2.45, 2.75) is 18.4 Å². The van der Waals surface area contributed by atoms with Gasteiger partial charge in [0.2, 0.25) is 0 Å². The van der Waals surface area contributed by atoms with Crippen LogP contribution in [-0.4, -0.2) is 55.6 Å². The van der Waals surface area contributed by atoms with Gasteiger partial charge in [-0.25, -0.2) is 9.97 Å². The Balaban J connectivity index is 1.70. The van der Waals surface area contributed by atoms with Gasteiger partial charge in [-0.2, -0.15) is 0 Å². The van der Waals surface area contributed by atoms with Gasteiger partial charge in [0.1, 0.15) is 17.9 Å². The fraction of sp³-hybridized carbons (Fsp3) is 0.364. The Labute approximate surface area is 169 Å². The Morgan fingerprint density at radius 2 is 1.66 bits per heavy atom. The lowest BCUT2D eigenvalue weighted by molar-refractivity contribution is 0.144. The quantitative estimate of drug-likeness (QED) is 0.712. The van der Waals surface area contributed by atoms with Crippen LogP contribution in [0.15, 0.2) is 42.7 Å². The van der Waals surface area contributed by atoms with Gasteiger partial charge in [-0.3, -0.25) is 0 Å². The molecule has 7 heteroatoms. The van der Waals surface area contributed by atoms with E-state index >= 15 is 0 Å². The number of β-amino-alcohol motifs (C(OH)–C–C–N with tert-alkyl or cyclic N) is 1. The molecule has 0 radical (unpaired) electrons. The molecule has 2 atom stereocenters. The topological polar surface area (TPSA) is 76.9 Å². The highest BCUT2D eigenvalue weighted by molar-refractivity contribution is 5.92. The maximum atomic E-state index is 10.6. The molecule has 1 aromatic heterocycles. The standard InChI is InChI=1S/C22H25N3O4/c1-27-17-6-4-14(5-7-17)15-8-16(26)12-25(11-15)22-18-9-20(28-2)21(29-3)10-19(18)23-13-24-22/h4-7,9-10,13,15-16,26H,8,11-12H2,1-3H3. The van der Waals surface area contributed by atoms with Crippen LogP contribution in [-0.2, 0) is 0 Å². The van der Waals surface area contributed by atoms with E-state index in [0.717, 1.165) is 29.0 Å². The van der Waals surface area contributed by atoms with Gasteiger partial charge >= 0.3 is 0 Å². The van der Waals surface area contributed by atoms with Gasteiger partial charge in [-0.15, -0.1) is 0 Å². The summed E-state index contributed by atoms with van der Waals surface area (Å²) in [6.07, 6.45) is 1.82. The van der Waals surface area contributed by atoms with Crippen molar-refractivity contribution < 1.29 is 19.3 Å². The van der Waals surface area contributed by atoms with E-state index in [1.165, 1.54) is 5.56 Å². The minimum atomic E-state index is -0.444. The zero-order valence-corrected chi connectivity index (χ0v) is 16.8. The van der Waals surface area contributed by atoms with Gasteiger partial charge < -0.3 is 24.2 Å². The van der Waals surface area contributed by atoms with Gasteiger partial charge in [0.15, 0.2) is 11.5 Å². The van der Waals surface area contributed by atoms with Crippen LogP contribution < -0.4 is 19.1 Å². The van der Waals surface area contributed by atoms with Crippen LogP contribution in [0.4, 0.5) is 5.82 Å². The lowest BCUT2D eigenvalue weighted by Gasteiger charge is -2.37. The lowest BCUT2D eigenvalue weighted by atomic mass is 9.89. The van der Waals surface area contributed by atoms with Crippen molar-refractivity contribution in [2.24, 2.45) is 0 Å². The van der Waals surface area contributed by atoms with Crippen LogP contribution in [0.1, 0.15) is 17.9 Å². The van der Waals surface area contributed by atoms with Crippen LogP contribution in [0.5, 0.6) is 17.2 Å². The average Bonchev–Trinajstić information content (AvgIpc) is 2.77. The van der Waals surface area contributed by atoms with E-state index in [1.54, 1.807) is 27.7 Å². The molecule has 0 amide bonds. The first-order chi connectivity index (χ1) is 14.1. The van der Waals surface area contributed by atoms with Gasteiger partial charge in [-0.1, -0.05) is 12.1 Å². The number of nitrogens with zero attached hydrogens (tertiary/aromatic N) is 3. The average molecular weight is 395 g/mol. The molecule has 1 saturated heterocycles. The molecule has 0 saturated carbocycles. The van der Waals surface area contributed by atoms with Crippen LogP contribution in [0.3, 0.4) is 0 Å². The van der Waals surface area contributed by atoms with Crippen LogP contribution in [0.25, 0.3) is 10.9 Å². The van der Waals surface area contributed by atoms with Crippen LogP contribution in [0.2, 0.25) is 0 Å². The summed E-state index contributed by atoms with van der Waals surface area (Å²) < 4.78 is 16.1. The third kappa shape index (κ3) is 3.78. The second-order valence-electron chi connectivity index (χ2n) is 7.19. The predicted octanol–water partition coefficient (Wildman–Crippen LogP) is 3.01. The minimum absolute atomic E-state index is 0.190. The largest absolute Gasteiger partial charge is 0.497 e. The minimum Gasteiger partial charge on any atom is -0.497 e. The third-order valence-corrected chi connectivity index (χ3v) is 5.43. The fourth-order valence-electron chi connectivity index (χ4n) is 3.98. The van der Waals surface area contributed by atoms with Crippen LogP contribution in [0, 0.1) is 0 Å². The zero-order chi connectivity index (χ0) is 20.4. The Morgan fingerprint density at radius 1 is 0.931 bits per heavy atom. The molecule has 1 aliphatic heterocycles. The molecule has 2 aromatic carbocycles. The summed E-state index contributed by atoms with van der Waals surface area (Å²) >= 11 is 0. The summed E-state index contributed by atoms with van der Waals surface area (Å²) in [5, 5.41) is 11.4. The van der Waals surface area contributed by atoms with Gasteiger partial charge in [0.25, 0.3) is 0 Å². The van der Waals surface area contributed by atoms with Crippen molar-refractivity contribution in [3.8, 4) is 17.2 Å². The number of aromatic nitrogens is 2. The van der Waals surface area contributed by atoms with E-state index in [4.69, 9.17) is 14.2 Å². The number of hydrogen-bond donors (Lipinski definition) is 1. The number of aliphatic hydroxyl groups excluding tert-OH is 1. The molecule has 1 aliphatic rings. The summed E-state index contributed by atoms with van der Waals surface area (Å²) in [5.41, 5.74) is 1.95. The monoisotopic (exact) mass is 395 g/mol. The van der Waals surface area contributed by atoms with Crippen molar-refractivity contribution in [1.29, 1.82) is 0 Å². The summed E-state index contributed by atoms with van der Waals surface area (Å²) in [4.78, 5) is 11.0. The number of hydrogen-bond acceptors (Lipinski definition) is 7. The highest BCUT2D eigenvalue weighted by atomic mass is 16.5. The highest BCUT2D eigenvalue weighted by Gasteiger charge is 2.29. The van der Waals surface area contributed by atoms with E-state index in [9.17, 15) is 5.11 Å².